The van der Waals surface area contributed by atoms with E-state index in [1.807, 2.05) is 24.3 Å². The van der Waals surface area contributed by atoms with Gasteiger partial charge in [0.1, 0.15) is 5.75 Å². The summed E-state index contributed by atoms with van der Waals surface area (Å²) in [7, 11) is -0.869. The molecule has 5 heteroatoms. The molecule has 0 fully saturated rings. The highest BCUT2D eigenvalue weighted by Gasteiger charge is 2.50. The molecule has 3 nitrogen and oxygen atoms in total. The Morgan fingerprint density at radius 1 is 0.812 bits per heavy atom. The van der Waals surface area contributed by atoms with Crippen LogP contribution in [-0.4, -0.2) is 32.6 Å². The minimum absolute atomic E-state index is 0.0133. The van der Waals surface area contributed by atoms with Crippen LogP contribution >= 0.6 is 22.6 Å². The summed E-state index contributed by atoms with van der Waals surface area (Å²) in [6.07, 6.45) is 0.0133. The zero-order valence-corrected chi connectivity index (χ0v) is 22.5. The molecule has 0 radical (unpaired) electrons. The van der Waals surface area contributed by atoms with E-state index >= 15 is 0 Å². The minimum Gasteiger partial charge on any atom is -0.497 e. The lowest BCUT2D eigenvalue weighted by Crippen LogP contribution is -2.67. The summed E-state index contributed by atoms with van der Waals surface area (Å²) in [6, 6.07) is 29.5. The summed E-state index contributed by atoms with van der Waals surface area (Å²) in [6.45, 7) is 8.03. The van der Waals surface area contributed by atoms with E-state index in [2.05, 4.69) is 104 Å². The fraction of sp³-hybridized carbons (Fsp3) is 0.333. The number of alkyl halides is 1. The second-order valence-electron chi connectivity index (χ2n) is 8.91. The van der Waals surface area contributed by atoms with Gasteiger partial charge in [-0.15, -0.1) is 0 Å². The Morgan fingerprint density at radius 3 is 1.78 bits per heavy atom. The van der Waals surface area contributed by atoms with E-state index in [-0.39, 0.29) is 11.1 Å². The SMILES string of the molecule is COc1ccc(COC(CI)CO[Si](c2ccccc2)(c2ccccc2)C(C)(C)C)cc1. The van der Waals surface area contributed by atoms with E-state index in [1.54, 1.807) is 7.11 Å². The quantitative estimate of drug-likeness (QED) is 0.184. The van der Waals surface area contributed by atoms with Crippen LogP contribution in [0.2, 0.25) is 5.04 Å². The van der Waals surface area contributed by atoms with Crippen molar-refractivity contribution in [3.05, 3.63) is 90.5 Å². The molecule has 0 aliphatic carbocycles. The molecule has 0 saturated carbocycles. The summed E-state index contributed by atoms with van der Waals surface area (Å²) < 4.78 is 19.4. The maximum absolute atomic E-state index is 7.03. The van der Waals surface area contributed by atoms with Crippen LogP contribution in [0.1, 0.15) is 26.3 Å². The molecule has 3 aromatic rings. The van der Waals surface area contributed by atoms with Gasteiger partial charge in [0.05, 0.1) is 26.4 Å². The van der Waals surface area contributed by atoms with Gasteiger partial charge in [-0.3, -0.25) is 0 Å². The monoisotopic (exact) mass is 560 g/mol. The molecular weight excluding hydrogens is 527 g/mol. The van der Waals surface area contributed by atoms with Crippen LogP contribution in [0, 0.1) is 0 Å². The Bertz CT molecular complexity index is 901. The molecule has 0 heterocycles. The Balaban J connectivity index is 1.84. The molecule has 1 atom stereocenters. The minimum atomic E-state index is -2.55. The Kier molecular flexibility index (Phi) is 8.93. The molecular formula is C27H33IO3Si. The highest BCUT2D eigenvalue weighted by atomic mass is 127. The summed E-state index contributed by atoms with van der Waals surface area (Å²) in [5.74, 6) is 0.856. The fourth-order valence-electron chi connectivity index (χ4n) is 4.05. The van der Waals surface area contributed by atoms with Crippen LogP contribution in [0.15, 0.2) is 84.9 Å². The first-order valence-corrected chi connectivity index (χ1v) is 14.4. The smallest absolute Gasteiger partial charge is 0.261 e. The van der Waals surface area contributed by atoms with Crippen molar-refractivity contribution in [2.45, 2.75) is 38.5 Å². The zero-order chi connectivity index (χ0) is 23.0. The number of hydrogen-bond donors (Lipinski definition) is 0. The summed E-state index contributed by atoms with van der Waals surface area (Å²) in [5.41, 5.74) is 1.13. The van der Waals surface area contributed by atoms with Crippen LogP contribution in [0.25, 0.3) is 0 Å². The van der Waals surface area contributed by atoms with Gasteiger partial charge in [0.15, 0.2) is 0 Å². The molecule has 0 N–H and O–H groups in total. The Hall–Kier alpha value is -1.67. The molecule has 170 valence electrons. The predicted molar refractivity (Wildman–Crippen MR) is 144 cm³/mol. The van der Waals surface area contributed by atoms with Gasteiger partial charge in [0.25, 0.3) is 8.32 Å². The molecule has 3 rings (SSSR count). The van der Waals surface area contributed by atoms with Crippen LogP contribution in [0.5, 0.6) is 5.75 Å². The molecule has 0 aliphatic rings. The van der Waals surface area contributed by atoms with Crippen LogP contribution < -0.4 is 15.1 Å². The van der Waals surface area contributed by atoms with E-state index < -0.39 is 8.32 Å². The third-order valence-corrected chi connectivity index (χ3v) is 11.7. The number of hydrogen-bond acceptors (Lipinski definition) is 3. The third kappa shape index (κ3) is 5.81. The predicted octanol–water partition coefficient (Wildman–Crippen LogP) is 5.59. The molecule has 0 aliphatic heterocycles. The van der Waals surface area contributed by atoms with Crippen molar-refractivity contribution >= 4 is 41.3 Å². The first-order chi connectivity index (χ1) is 15.4. The summed E-state index contributed by atoms with van der Waals surface area (Å²) >= 11 is 2.40. The first kappa shape index (κ1) is 25.0. The van der Waals surface area contributed by atoms with Crippen molar-refractivity contribution in [1.29, 1.82) is 0 Å². The average Bonchev–Trinajstić information content (AvgIpc) is 2.82. The lowest BCUT2D eigenvalue weighted by molar-refractivity contribution is 0.0236. The number of ether oxygens (including phenoxy) is 2. The van der Waals surface area contributed by atoms with E-state index in [0.717, 1.165) is 15.7 Å². The van der Waals surface area contributed by atoms with E-state index in [1.165, 1.54) is 10.4 Å². The van der Waals surface area contributed by atoms with Gasteiger partial charge in [0, 0.05) is 4.43 Å². The van der Waals surface area contributed by atoms with Crippen molar-refractivity contribution < 1.29 is 13.9 Å². The van der Waals surface area contributed by atoms with Gasteiger partial charge in [-0.25, -0.2) is 0 Å². The van der Waals surface area contributed by atoms with Crippen molar-refractivity contribution in [2.75, 3.05) is 18.1 Å². The molecule has 0 amide bonds. The average molecular weight is 561 g/mol. The normalized spacial score (nSPS) is 13.0. The van der Waals surface area contributed by atoms with Crippen LogP contribution in [0.3, 0.4) is 0 Å². The molecule has 0 saturated heterocycles. The van der Waals surface area contributed by atoms with Gasteiger partial charge < -0.3 is 13.9 Å². The maximum Gasteiger partial charge on any atom is 0.261 e. The van der Waals surface area contributed by atoms with Crippen molar-refractivity contribution in [2.24, 2.45) is 0 Å². The first-order valence-electron chi connectivity index (χ1n) is 11.0. The second-order valence-corrected chi connectivity index (χ2v) is 14.1. The molecule has 3 aromatic carbocycles. The number of methoxy groups -OCH3 is 1. The molecule has 0 bridgehead atoms. The fourth-order valence-corrected chi connectivity index (χ4v) is 9.15. The van der Waals surface area contributed by atoms with Crippen LogP contribution in [0.4, 0.5) is 0 Å². The number of rotatable bonds is 10. The Labute approximate surface area is 207 Å². The standard InChI is InChI=1S/C27H33IO3Si/c1-27(2,3)32(25-11-7-5-8-12-25,26-13-9-6-10-14-26)31-21-24(19-28)30-20-22-15-17-23(29-4)18-16-22/h5-18,24H,19-21H2,1-4H3. The highest BCUT2D eigenvalue weighted by Crippen LogP contribution is 2.37. The molecule has 32 heavy (non-hydrogen) atoms. The van der Waals surface area contributed by atoms with Crippen LogP contribution in [-0.2, 0) is 15.8 Å². The summed E-state index contributed by atoms with van der Waals surface area (Å²) in [5, 5.41) is 2.55. The van der Waals surface area contributed by atoms with Gasteiger partial charge in [-0.2, -0.15) is 0 Å². The zero-order valence-electron chi connectivity index (χ0n) is 19.4. The van der Waals surface area contributed by atoms with Crippen molar-refractivity contribution in [1.82, 2.24) is 0 Å². The second kappa shape index (κ2) is 11.5. The van der Waals surface area contributed by atoms with Crippen molar-refractivity contribution in [3.8, 4) is 5.75 Å². The van der Waals surface area contributed by atoms with Crippen molar-refractivity contribution in [3.63, 3.8) is 0 Å². The third-order valence-electron chi connectivity index (χ3n) is 5.72. The summed E-state index contributed by atoms with van der Waals surface area (Å²) in [4.78, 5) is 0. The van der Waals surface area contributed by atoms with Gasteiger partial charge in [-0.1, -0.05) is 116 Å². The highest BCUT2D eigenvalue weighted by molar-refractivity contribution is 14.1. The van der Waals surface area contributed by atoms with Gasteiger partial charge >= 0.3 is 0 Å². The van der Waals surface area contributed by atoms with Gasteiger partial charge in [-0.05, 0) is 33.1 Å². The largest absolute Gasteiger partial charge is 0.497 e. The molecule has 0 aromatic heterocycles. The lowest BCUT2D eigenvalue weighted by Gasteiger charge is -2.43. The molecule has 1 unspecified atom stereocenters. The van der Waals surface area contributed by atoms with E-state index in [0.29, 0.717) is 13.2 Å². The number of benzene rings is 3. The topological polar surface area (TPSA) is 27.7 Å². The molecule has 0 spiro atoms. The lowest BCUT2D eigenvalue weighted by atomic mass is 10.2. The number of halogens is 1. The maximum atomic E-state index is 7.03. The van der Waals surface area contributed by atoms with E-state index in [4.69, 9.17) is 13.9 Å². The Morgan fingerprint density at radius 2 is 1.34 bits per heavy atom. The van der Waals surface area contributed by atoms with E-state index in [9.17, 15) is 0 Å². The van der Waals surface area contributed by atoms with Gasteiger partial charge in [0.2, 0.25) is 0 Å².